The first-order chi connectivity index (χ1) is 14.6. The molecule has 6 nitrogen and oxygen atoms in total. The number of pyridine rings is 1. The highest BCUT2D eigenvalue weighted by molar-refractivity contribution is 5.76. The van der Waals surface area contributed by atoms with Gasteiger partial charge in [0.1, 0.15) is 12.3 Å². The van der Waals surface area contributed by atoms with Gasteiger partial charge in [-0.1, -0.05) is 30.3 Å². The van der Waals surface area contributed by atoms with Crippen LogP contribution < -0.4 is 4.74 Å². The predicted octanol–water partition coefficient (Wildman–Crippen LogP) is 3.61. The molecule has 0 saturated heterocycles. The van der Waals surface area contributed by atoms with Gasteiger partial charge in [0.15, 0.2) is 0 Å². The molecule has 3 aromatic rings. The van der Waals surface area contributed by atoms with Crippen LogP contribution in [0.15, 0.2) is 48.7 Å². The average Bonchev–Trinajstić information content (AvgIpc) is 3.08. The zero-order valence-corrected chi connectivity index (χ0v) is 17.7. The Labute approximate surface area is 177 Å². The van der Waals surface area contributed by atoms with Crippen molar-refractivity contribution in [1.82, 2.24) is 19.7 Å². The molecule has 0 unspecified atom stereocenters. The SMILES string of the molecule is Cc1ccnc(OCc2nn(C)c3c2CN(C(=O)CCCc2ccccc2)CC3)c1. The van der Waals surface area contributed by atoms with Gasteiger partial charge in [0.25, 0.3) is 0 Å². The predicted molar refractivity (Wildman–Crippen MR) is 115 cm³/mol. The maximum atomic E-state index is 12.8. The summed E-state index contributed by atoms with van der Waals surface area (Å²) < 4.78 is 7.80. The smallest absolute Gasteiger partial charge is 0.222 e. The zero-order valence-electron chi connectivity index (χ0n) is 17.7. The first kappa shape index (κ1) is 20.1. The van der Waals surface area contributed by atoms with Crippen LogP contribution in [0.3, 0.4) is 0 Å². The molecule has 3 heterocycles. The quantitative estimate of drug-likeness (QED) is 0.604. The van der Waals surface area contributed by atoms with Gasteiger partial charge in [0, 0.05) is 56.5 Å². The molecule has 1 aliphatic heterocycles. The lowest BCUT2D eigenvalue weighted by atomic mass is 10.0. The first-order valence-corrected chi connectivity index (χ1v) is 10.5. The van der Waals surface area contributed by atoms with Gasteiger partial charge in [0.2, 0.25) is 11.8 Å². The van der Waals surface area contributed by atoms with E-state index >= 15 is 0 Å². The number of nitrogens with zero attached hydrogens (tertiary/aromatic N) is 4. The van der Waals surface area contributed by atoms with Gasteiger partial charge in [-0.15, -0.1) is 0 Å². The Balaban J connectivity index is 1.37. The fraction of sp³-hybridized carbons (Fsp3) is 0.375. The van der Waals surface area contributed by atoms with Crippen LogP contribution in [0.4, 0.5) is 0 Å². The minimum Gasteiger partial charge on any atom is -0.471 e. The Morgan fingerprint density at radius 2 is 2.03 bits per heavy atom. The summed E-state index contributed by atoms with van der Waals surface area (Å²) >= 11 is 0. The monoisotopic (exact) mass is 404 g/mol. The minimum atomic E-state index is 0.215. The number of carbonyl (C=O) groups excluding carboxylic acids is 1. The van der Waals surface area contributed by atoms with E-state index in [1.165, 1.54) is 11.3 Å². The van der Waals surface area contributed by atoms with Gasteiger partial charge in [-0.25, -0.2) is 4.98 Å². The van der Waals surface area contributed by atoms with Gasteiger partial charge >= 0.3 is 0 Å². The molecular weight excluding hydrogens is 376 g/mol. The molecule has 0 radical (unpaired) electrons. The van der Waals surface area contributed by atoms with Gasteiger partial charge in [0.05, 0.1) is 0 Å². The molecule has 2 aromatic heterocycles. The highest BCUT2D eigenvalue weighted by Gasteiger charge is 2.26. The Bertz CT molecular complexity index is 1010. The normalized spacial score (nSPS) is 13.2. The van der Waals surface area contributed by atoms with E-state index in [9.17, 15) is 4.79 Å². The van der Waals surface area contributed by atoms with Crippen molar-refractivity contribution in [2.24, 2.45) is 7.05 Å². The Morgan fingerprint density at radius 3 is 2.83 bits per heavy atom. The fourth-order valence-corrected chi connectivity index (χ4v) is 3.97. The second kappa shape index (κ2) is 9.11. The lowest BCUT2D eigenvalue weighted by molar-refractivity contribution is -0.132. The summed E-state index contributed by atoms with van der Waals surface area (Å²) in [5, 5.41) is 4.65. The van der Waals surface area contributed by atoms with Crippen molar-refractivity contribution in [3.8, 4) is 5.88 Å². The van der Waals surface area contributed by atoms with Crippen molar-refractivity contribution in [3.05, 3.63) is 76.7 Å². The average molecular weight is 405 g/mol. The maximum absolute atomic E-state index is 12.8. The largest absolute Gasteiger partial charge is 0.471 e. The summed E-state index contributed by atoms with van der Waals surface area (Å²) in [5.41, 5.74) is 5.59. The van der Waals surface area contributed by atoms with Crippen LogP contribution in [0, 0.1) is 6.92 Å². The Hall–Kier alpha value is -3.15. The highest BCUT2D eigenvalue weighted by atomic mass is 16.5. The standard InChI is InChI=1S/C24H28N4O2/c1-18-11-13-25-23(15-18)30-17-21-20-16-28(14-12-22(20)27(2)26-21)24(29)10-6-9-19-7-4-3-5-8-19/h3-5,7-8,11,13,15H,6,9-10,12,14,16-17H2,1-2H3. The molecule has 0 N–H and O–H groups in total. The fourth-order valence-electron chi connectivity index (χ4n) is 3.97. The third-order valence-electron chi connectivity index (χ3n) is 5.62. The molecule has 0 bridgehead atoms. The van der Waals surface area contributed by atoms with Crippen LogP contribution >= 0.6 is 0 Å². The molecule has 1 amide bonds. The second-order valence-corrected chi connectivity index (χ2v) is 7.86. The van der Waals surface area contributed by atoms with Crippen molar-refractivity contribution in [3.63, 3.8) is 0 Å². The molecule has 4 rings (SSSR count). The number of amides is 1. The molecule has 156 valence electrons. The maximum Gasteiger partial charge on any atom is 0.222 e. The van der Waals surface area contributed by atoms with Crippen molar-refractivity contribution >= 4 is 5.91 Å². The number of aromatic nitrogens is 3. The van der Waals surface area contributed by atoms with E-state index in [1.54, 1.807) is 6.20 Å². The molecule has 1 aromatic carbocycles. The zero-order chi connectivity index (χ0) is 20.9. The van der Waals surface area contributed by atoms with Gasteiger partial charge in [-0.3, -0.25) is 9.48 Å². The summed E-state index contributed by atoms with van der Waals surface area (Å²) in [4.78, 5) is 19.0. The van der Waals surface area contributed by atoms with Crippen molar-refractivity contribution < 1.29 is 9.53 Å². The summed E-state index contributed by atoms with van der Waals surface area (Å²) in [5.74, 6) is 0.812. The van der Waals surface area contributed by atoms with Crippen LogP contribution in [0.25, 0.3) is 0 Å². The van der Waals surface area contributed by atoms with Crippen LogP contribution in [-0.2, 0) is 37.8 Å². The summed E-state index contributed by atoms with van der Waals surface area (Å²) in [6.07, 6.45) is 4.94. The number of carbonyl (C=O) groups is 1. The number of rotatable bonds is 7. The van der Waals surface area contributed by atoms with E-state index in [0.29, 0.717) is 25.5 Å². The van der Waals surface area contributed by atoms with Gasteiger partial charge in [-0.05, 0) is 37.0 Å². The lowest BCUT2D eigenvalue weighted by Gasteiger charge is -2.28. The van der Waals surface area contributed by atoms with Crippen LogP contribution in [0.5, 0.6) is 5.88 Å². The number of fused-ring (bicyclic) bond motifs is 1. The van der Waals surface area contributed by atoms with Crippen molar-refractivity contribution in [2.75, 3.05) is 6.54 Å². The third-order valence-corrected chi connectivity index (χ3v) is 5.62. The van der Waals surface area contributed by atoms with Crippen molar-refractivity contribution in [1.29, 1.82) is 0 Å². The third kappa shape index (κ3) is 4.70. The number of aryl methyl sites for hydroxylation is 3. The molecule has 0 aliphatic carbocycles. The van der Waals surface area contributed by atoms with E-state index in [2.05, 4.69) is 22.2 Å². The number of ether oxygens (including phenoxy) is 1. The van der Waals surface area contributed by atoms with Gasteiger partial charge in [-0.2, -0.15) is 5.10 Å². The van der Waals surface area contributed by atoms with Gasteiger partial charge < -0.3 is 9.64 Å². The Kier molecular flexibility index (Phi) is 6.12. The second-order valence-electron chi connectivity index (χ2n) is 7.86. The molecular formula is C24H28N4O2. The highest BCUT2D eigenvalue weighted by Crippen LogP contribution is 2.24. The molecule has 1 aliphatic rings. The molecule has 30 heavy (non-hydrogen) atoms. The lowest BCUT2D eigenvalue weighted by Crippen LogP contribution is -2.36. The molecule has 6 heteroatoms. The van der Waals surface area contributed by atoms with Crippen LogP contribution in [0.2, 0.25) is 0 Å². The summed E-state index contributed by atoms with van der Waals surface area (Å²) in [6.45, 7) is 3.72. The minimum absolute atomic E-state index is 0.215. The molecule has 0 atom stereocenters. The van der Waals surface area contributed by atoms with E-state index in [1.807, 2.05) is 53.9 Å². The first-order valence-electron chi connectivity index (χ1n) is 10.5. The molecule has 0 saturated carbocycles. The van der Waals surface area contributed by atoms with Crippen LogP contribution in [-0.4, -0.2) is 32.1 Å². The summed E-state index contributed by atoms with van der Waals surface area (Å²) in [6, 6.07) is 14.2. The number of hydrogen-bond donors (Lipinski definition) is 0. The van der Waals surface area contributed by atoms with Crippen molar-refractivity contribution in [2.45, 2.75) is 45.8 Å². The van der Waals surface area contributed by atoms with E-state index in [-0.39, 0.29) is 5.91 Å². The number of benzene rings is 1. The Morgan fingerprint density at radius 1 is 1.20 bits per heavy atom. The van der Waals surface area contributed by atoms with E-state index in [0.717, 1.165) is 42.6 Å². The molecule has 0 fully saturated rings. The molecule has 0 spiro atoms. The summed E-state index contributed by atoms with van der Waals surface area (Å²) in [7, 11) is 1.96. The number of hydrogen-bond acceptors (Lipinski definition) is 4. The topological polar surface area (TPSA) is 60.3 Å². The van der Waals surface area contributed by atoms with E-state index < -0.39 is 0 Å². The van der Waals surface area contributed by atoms with E-state index in [4.69, 9.17) is 4.74 Å². The van der Waals surface area contributed by atoms with Crippen LogP contribution in [0.1, 0.15) is 40.9 Å².